The molecular weight excluding hydrogens is 200 g/mol. The Morgan fingerprint density at radius 2 is 2.06 bits per heavy atom. The number of nitrogens with one attached hydrogen (secondary N) is 1. The van der Waals surface area contributed by atoms with Crippen molar-refractivity contribution in [3.8, 4) is 6.07 Å². The zero-order valence-electron chi connectivity index (χ0n) is 10.7. The van der Waals surface area contributed by atoms with Gasteiger partial charge in [-0.05, 0) is 30.1 Å². The summed E-state index contributed by atoms with van der Waals surface area (Å²) < 4.78 is 0. The van der Waals surface area contributed by atoms with Crippen molar-refractivity contribution in [3.05, 3.63) is 0 Å². The Hall–Kier alpha value is -1.04. The van der Waals surface area contributed by atoms with Gasteiger partial charge in [0.2, 0.25) is 5.91 Å². The van der Waals surface area contributed by atoms with Gasteiger partial charge >= 0.3 is 0 Å². The molecule has 0 spiro atoms. The molecule has 3 nitrogen and oxygen atoms in total. The Labute approximate surface area is 98.2 Å². The highest BCUT2D eigenvalue weighted by molar-refractivity contribution is 5.77. The second-order valence-electron chi connectivity index (χ2n) is 5.98. The van der Waals surface area contributed by atoms with Crippen molar-refractivity contribution in [2.75, 3.05) is 0 Å². The third kappa shape index (κ3) is 3.84. The topological polar surface area (TPSA) is 52.9 Å². The van der Waals surface area contributed by atoms with Crippen LogP contribution in [0.4, 0.5) is 0 Å². The molecule has 0 aliphatic heterocycles. The number of hydrogen-bond donors (Lipinski definition) is 1. The Balaban J connectivity index is 2.38. The third-order valence-corrected chi connectivity index (χ3v) is 3.52. The van der Waals surface area contributed by atoms with Crippen LogP contribution < -0.4 is 5.32 Å². The normalized spacial score (nSPS) is 19.7. The van der Waals surface area contributed by atoms with Crippen LogP contribution in [-0.2, 0) is 4.79 Å². The molecule has 0 aromatic carbocycles. The predicted molar refractivity (Wildman–Crippen MR) is 63.5 cm³/mol. The number of amides is 1. The summed E-state index contributed by atoms with van der Waals surface area (Å²) in [6.07, 6.45) is 2.66. The van der Waals surface area contributed by atoms with Crippen molar-refractivity contribution >= 4 is 5.91 Å². The second-order valence-corrected chi connectivity index (χ2v) is 5.98. The maximum atomic E-state index is 11.7. The van der Waals surface area contributed by atoms with Crippen LogP contribution in [0.15, 0.2) is 0 Å². The average molecular weight is 222 g/mol. The van der Waals surface area contributed by atoms with E-state index in [2.05, 4.69) is 39.1 Å². The highest BCUT2D eigenvalue weighted by Crippen LogP contribution is 2.33. The first-order valence-corrected chi connectivity index (χ1v) is 6.03. The fourth-order valence-electron chi connectivity index (χ4n) is 1.50. The predicted octanol–water partition coefficient (Wildman–Crippen LogP) is 2.48. The van der Waals surface area contributed by atoms with Gasteiger partial charge in [0.1, 0.15) is 6.04 Å². The van der Waals surface area contributed by atoms with Crippen LogP contribution in [0.1, 0.15) is 47.0 Å². The number of nitrogens with zero attached hydrogens (tertiary/aromatic N) is 1. The summed E-state index contributed by atoms with van der Waals surface area (Å²) in [6, 6.07) is 1.91. The average Bonchev–Trinajstić information content (AvgIpc) is 2.95. The fourth-order valence-corrected chi connectivity index (χ4v) is 1.50. The van der Waals surface area contributed by atoms with Gasteiger partial charge in [-0.2, -0.15) is 5.26 Å². The van der Waals surface area contributed by atoms with E-state index >= 15 is 0 Å². The maximum Gasteiger partial charge on any atom is 0.221 e. The van der Waals surface area contributed by atoms with Gasteiger partial charge in [0.15, 0.2) is 0 Å². The summed E-state index contributed by atoms with van der Waals surface area (Å²) in [5.41, 5.74) is 0.138. The zero-order valence-corrected chi connectivity index (χ0v) is 10.7. The minimum Gasteiger partial charge on any atom is -0.340 e. The van der Waals surface area contributed by atoms with E-state index < -0.39 is 0 Å². The van der Waals surface area contributed by atoms with Gasteiger partial charge in [-0.1, -0.05) is 27.7 Å². The smallest absolute Gasteiger partial charge is 0.221 e. The summed E-state index contributed by atoms with van der Waals surface area (Å²) >= 11 is 0. The molecular formula is C13H22N2O. The van der Waals surface area contributed by atoms with Gasteiger partial charge < -0.3 is 5.32 Å². The van der Waals surface area contributed by atoms with Crippen molar-refractivity contribution in [1.29, 1.82) is 5.26 Å². The Morgan fingerprint density at radius 3 is 2.44 bits per heavy atom. The molecule has 1 aliphatic rings. The van der Waals surface area contributed by atoms with E-state index in [-0.39, 0.29) is 17.4 Å². The molecule has 0 saturated heterocycles. The van der Waals surface area contributed by atoms with Gasteiger partial charge in [-0.25, -0.2) is 0 Å². The monoisotopic (exact) mass is 222 g/mol. The number of rotatable bonds is 4. The number of carbonyl (C=O) groups excluding carboxylic acids is 1. The molecule has 2 unspecified atom stereocenters. The van der Waals surface area contributed by atoms with E-state index in [9.17, 15) is 4.79 Å². The van der Waals surface area contributed by atoms with Crippen LogP contribution in [0, 0.1) is 28.6 Å². The molecule has 1 aliphatic carbocycles. The van der Waals surface area contributed by atoms with Crippen LogP contribution >= 0.6 is 0 Å². The van der Waals surface area contributed by atoms with E-state index in [1.54, 1.807) is 0 Å². The van der Waals surface area contributed by atoms with E-state index in [0.717, 1.165) is 12.8 Å². The maximum absolute atomic E-state index is 11.7. The summed E-state index contributed by atoms with van der Waals surface area (Å²) in [6.45, 7) is 8.48. The quantitative estimate of drug-likeness (QED) is 0.794. The van der Waals surface area contributed by atoms with Gasteiger partial charge in [0, 0.05) is 6.42 Å². The molecule has 2 atom stereocenters. The van der Waals surface area contributed by atoms with Crippen LogP contribution in [0.3, 0.4) is 0 Å². The van der Waals surface area contributed by atoms with Crippen LogP contribution in [-0.4, -0.2) is 11.9 Å². The van der Waals surface area contributed by atoms with E-state index in [1.165, 1.54) is 0 Å². The molecule has 1 saturated carbocycles. The van der Waals surface area contributed by atoms with Gasteiger partial charge in [0.05, 0.1) is 6.07 Å². The molecule has 1 N–H and O–H groups in total. The summed E-state index contributed by atoms with van der Waals surface area (Å²) in [5.74, 6) is 0.741. The Morgan fingerprint density at radius 1 is 1.50 bits per heavy atom. The summed E-state index contributed by atoms with van der Waals surface area (Å²) in [7, 11) is 0. The van der Waals surface area contributed by atoms with Crippen molar-refractivity contribution < 1.29 is 4.79 Å². The van der Waals surface area contributed by atoms with Gasteiger partial charge in [-0.15, -0.1) is 0 Å². The van der Waals surface area contributed by atoms with Crippen LogP contribution in [0.25, 0.3) is 0 Å². The molecule has 16 heavy (non-hydrogen) atoms. The third-order valence-electron chi connectivity index (χ3n) is 3.52. The van der Waals surface area contributed by atoms with Gasteiger partial charge in [0.25, 0.3) is 0 Å². The first-order chi connectivity index (χ1) is 7.34. The molecule has 0 bridgehead atoms. The number of carbonyl (C=O) groups is 1. The fraction of sp³-hybridized carbons (Fsp3) is 0.846. The van der Waals surface area contributed by atoms with E-state index in [1.807, 2.05) is 0 Å². The summed E-state index contributed by atoms with van der Waals surface area (Å²) in [5, 5.41) is 11.7. The highest BCUT2D eigenvalue weighted by atomic mass is 16.1. The van der Waals surface area contributed by atoms with Crippen LogP contribution in [0.5, 0.6) is 0 Å². The SMILES string of the molecule is CC(CC(=O)NC(C#N)C1CC1)C(C)(C)C. The van der Waals surface area contributed by atoms with Crippen molar-refractivity contribution in [2.24, 2.45) is 17.3 Å². The first-order valence-electron chi connectivity index (χ1n) is 6.03. The van der Waals surface area contributed by atoms with E-state index in [4.69, 9.17) is 5.26 Å². The van der Waals surface area contributed by atoms with Crippen molar-refractivity contribution in [1.82, 2.24) is 5.32 Å². The molecule has 90 valence electrons. The molecule has 1 amide bonds. The molecule has 0 aromatic rings. The molecule has 1 fully saturated rings. The molecule has 0 heterocycles. The molecule has 0 radical (unpaired) electrons. The lowest BCUT2D eigenvalue weighted by molar-refractivity contribution is -0.123. The molecule has 3 heteroatoms. The minimum atomic E-state index is -0.264. The summed E-state index contributed by atoms with van der Waals surface area (Å²) in [4.78, 5) is 11.7. The van der Waals surface area contributed by atoms with Gasteiger partial charge in [-0.3, -0.25) is 4.79 Å². The number of nitriles is 1. The lowest BCUT2D eigenvalue weighted by Gasteiger charge is -2.27. The Bertz CT molecular complexity index is 294. The van der Waals surface area contributed by atoms with Crippen molar-refractivity contribution in [3.63, 3.8) is 0 Å². The van der Waals surface area contributed by atoms with Crippen LogP contribution in [0.2, 0.25) is 0 Å². The first kappa shape index (κ1) is 13.0. The Kier molecular flexibility index (Phi) is 3.96. The second kappa shape index (κ2) is 4.86. The lowest BCUT2D eigenvalue weighted by Crippen LogP contribution is -2.37. The number of hydrogen-bond acceptors (Lipinski definition) is 2. The molecule has 1 rings (SSSR count). The highest BCUT2D eigenvalue weighted by Gasteiger charge is 2.33. The molecule has 0 aromatic heterocycles. The van der Waals surface area contributed by atoms with E-state index in [0.29, 0.717) is 18.3 Å². The zero-order chi connectivity index (χ0) is 12.3. The lowest BCUT2D eigenvalue weighted by atomic mass is 9.80. The largest absolute Gasteiger partial charge is 0.340 e. The minimum absolute atomic E-state index is 0.0147. The van der Waals surface area contributed by atoms with Crippen molar-refractivity contribution in [2.45, 2.75) is 53.0 Å². The standard InChI is InChI=1S/C13H22N2O/c1-9(13(2,3)4)7-12(16)15-11(8-14)10-5-6-10/h9-11H,5-7H2,1-4H3,(H,15,16).